The Morgan fingerprint density at radius 1 is 1.00 bits per heavy atom. The molecule has 3 aromatic rings. The lowest BCUT2D eigenvalue weighted by Crippen LogP contribution is -2.03. The summed E-state index contributed by atoms with van der Waals surface area (Å²) in [7, 11) is 1.61. The van der Waals surface area contributed by atoms with Gasteiger partial charge in [0.05, 0.1) is 7.11 Å². The van der Waals surface area contributed by atoms with Crippen LogP contribution in [0.2, 0.25) is 5.02 Å². The van der Waals surface area contributed by atoms with Crippen LogP contribution in [0.4, 0.5) is 5.69 Å². The second kappa shape index (κ2) is 8.69. The van der Waals surface area contributed by atoms with Gasteiger partial charge in [0.1, 0.15) is 12.4 Å². The van der Waals surface area contributed by atoms with E-state index in [1.165, 1.54) is 5.56 Å². The number of benzene rings is 3. The van der Waals surface area contributed by atoms with Crippen molar-refractivity contribution in [3.63, 3.8) is 0 Å². The minimum absolute atomic E-state index is 0.232. The number of methoxy groups -OCH3 is 1. The van der Waals surface area contributed by atoms with E-state index >= 15 is 0 Å². The van der Waals surface area contributed by atoms with Gasteiger partial charge in [0.2, 0.25) is 0 Å². The molecule has 0 atom stereocenters. The Morgan fingerprint density at radius 2 is 1.78 bits per heavy atom. The third-order valence-electron chi connectivity index (χ3n) is 4.16. The number of hydrogen-bond acceptors (Lipinski definition) is 4. The van der Waals surface area contributed by atoms with Crippen molar-refractivity contribution >= 4 is 17.3 Å². The highest BCUT2D eigenvalue weighted by molar-refractivity contribution is 6.31. The Balaban J connectivity index is 1.71. The van der Waals surface area contributed by atoms with Gasteiger partial charge in [-0.2, -0.15) is 0 Å². The molecule has 0 saturated heterocycles. The third kappa shape index (κ3) is 5.08. The third-order valence-corrected chi connectivity index (χ3v) is 4.51. The number of hydrogen-bond donors (Lipinski definition) is 2. The molecule has 3 rings (SSSR count). The van der Waals surface area contributed by atoms with Crippen LogP contribution in [0.25, 0.3) is 0 Å². The Hall–Kier alpha value is -2.85. The van der Waals surface area contributed by atoms with E-state index in [1.54, 1.807) is 37.4 Å². The van der Waals surface area contributed by atoms with E-state index in [1.807, 2.05) is 18.2 Å². The molecule has 3 aromatic carbocycles. The summed E-state index contributed by atoms with van der Waals surface area (Å²) >= 11 is 6.44. The zero-order valence-electron chi connectivity index (χ0n) is 15.3. The lowest BCUT2D eigenvalue weighted by molar-refractivity contribution is 0.284. The summed E-state index contributed by atoms with van der Waals surface area (Å²) in [6.07, 6.45) is 0. The number of phenols is 1. The van der Waals surface area contributed by atoms with E-state index in [2.05, 4.69) is 24.4 Å². The standard InChI is InChI=1S/C22H22ClNO3/c1-15-4-3-5-16(10-15)14-27-22-12-20(23)17(11-21(22)26-2)13-24-18-6-8-19(25)9-7-18/h3-12,24-25H,13-14H2,1-2H3. The zero-order chi connectivity index (χ0) is 19.2. The predicted molar refractivity (Wildman–Crippen MR) is 109 cm³/mol. The van der Waals surface area contributed by atoms with Gasteiger partial charge < -0.3 is 19.9 Å². The van der Waals surface area contributed by atoms with E-state index < -0.39 is 0 Å². The second-order valence-corrected chi connectivity index (χ2v) is 6.68. The van der Waals surface area contributed by atoms with Crippen LogP contribution in [-0.2, 0) is 13.2 Å². The second-order valence-electron chi connectivity index (χ2n) is 6.27. The zero-order valence-corrected chi connectivity index (χ0v) is 16.1. The quantitative estimate of drug-likeness (QED) is 0.525. The van der Waals surface area contributed by atoms with Gasteiger partial charge in [0.15, 0.2) is 11.5 Å². The normalized spacial score (nSPS) is 10.5. The fraction of sp³-hybridized carbons (Fsp3) is 0.182. The van der Waals surface area contributed by atoms with Crippen LogP contribution < -0.4 is 14.8 Å². The molecule has 5 heteroatoms. The SMILES string of the molecule is COc1cc(CNc2ccc(O)cc2)c(Cl)cc1OCc1cccc(C)c1. The first-order valence-corrected chi connectivity index (χ1v) is 9.00. The summed E-state index contributed by atoms with van der Waals surface area (Å²) in [4.78, 5) is 0. The Morgan fingerprint density at radius 3 is 2.48 bits per heavy atom. The molecular weight excluding hydrogens is 362 g/mol. The van der Waals surface area contributed by atoms with Crippen molar-refractivity contribution in [2.45, 2.75) is 20.1 Å². The molecule has 0 aliphatic carbocycles. The Bertz CT molecular complexity index is 910. The van der Waals surface area contributed by atoms with Gasteiger partial charge in [0, 0.05) is 23.3 Å². The number of ether oxygens (including phenoxy) is 2. The molecular formula is C22H22ClNO3. The van der Waals surface area contributed by atoms with Crippen LogP contribution in [0.15, 0.2) is 60.7 Å². The van der Waals surface area contributed by atoms with Crippen molar-refractivity contribution in [3.8, 4) is 17.2 Å². The van der Waals surface area contributed by atoms with E-state index in [-0.39, 0.29) is 5.75 Å². The number of aromatic hydroxyl groups is 1. The van der Waals surface area contributed by atoms with E-state index in [9.17, 15) is 5.11 Å². The molecule has 0 heterocycles. The molecule has 0 saturated carbocycles. The largest absolute Gasteiger partial charge is 0.508 e. The first-order valence-electron chi connectivity index (χ1n) is 8.63. The first kappa shape index (κ1) is 18.9. The first-order chi connectivity index (χ1) is 13.0. The fourth-order valence-electron chi connectivity index (χ4n) is 2.72. The molecule has 140 valence electrons. The van der Waals surface area contributed by atoms with Gasteiger partial charge in [0.25, 0.3) is 0 Å². The van der Waals surface area contributed by atoms with Gasteiger partial charge in [-0.05, 0) is 48.4 Å². The highest BCUT2D eigenvalue weighted by Gasteiger charge is 2.11. The molecule has 0 aromatic heterocycles. The average molecular weight is 384 g/mol. The molecule has 27 heavy (non-hydrogen) atoms. The molecule has 0 aliphatic heterocycles. The number of aryl methyl sites for hydroxylation is 1. The maximum atomic E-state index is 9.35. The van der Waals surface area contributed by atoms with Crippen LogP contribution in [-0.4, -0.2) is 12.2 Å². The minimum Gasteiger partial charge on any atom is -0.508 e. The molecule has 2 N–H and O–H groups in total. The summed E-state index contributed by atoms with van der Waals surface area (Å²) in [5.41, 5.74) is 4.06. The molecule has 0 fully saturated rings. The predicted octanol–water partition coefficient (Wildman–Crippen LogP) is 5.55. The maximum Gasteiger partial charge on any atom is 0.163 e. The van der Waals surface area contributed by atoms with E-state index in [0.717, 1.165) is 16.8 Å². The highest BCUT2D eigenvalue weighted by Crippen LogP contribution is 2.34. The fourth-order valence-corrected chi connectivity index (χ4v) is 2.95. The maximum absolute atomic E-state index is 9.35. The average Bonchev–Trinajstić information content (AvgIpc) is 2.67. The number of halogens is 1. The van der Waals surface area contributed by atoms with Crippen molar-refractivity contribution in [2.75, 3.05) is 12.4 Å². The topological polar surface area (TPSA) is 50.7 Å². The minimum atomic E-state index is 0.232. The summed E-state index contributed by atoms with van der Waals surface area (Å²) in [5, 5.41) is 13.2. The van der Waals surface area contributed by atoms with Gasteiger partial charge in [-0.1, -0.05) is 41.4 Å². The van der Waals surface area contributed by atoms with Crippen LogP contribution in [0.3, 0.4) is 0 Å². The Labute approximate surface area is 164 Å². The van der Waals surface area contributed by atoms with E-state index in [4.69, 9.17) is 21.1 Å². The molecule has 0 amide bonds. The summed E-state index contributed by atoms with van der Waals surface area (Å²) in [6, 6.07) is 18.7. The number of rotatable bonds is 7. The molecule has 0 radical (unpaired) electrons. The lowest BCUT2D eigenvalue weighted by Gasteiger charge is -2.15. The number of anilines is 1. The monoisotopic (exact) mass is 383 g/mol. The molecule has 4 nitrogen and oxygen atoms in total. The smallest absolute Gasteiger partial charge is 0.163 e. The van der Waals surface area contributed by atoms with Crippen molar-refractivity contribution < 1.29 is 14.6 Å². The van der Waals surface area contributed by atoms with Gasteiger partial charge >= 0.3 is 0 Å². The summed E-state index contributed by atoms with van der Waals surface area (Å²) in [5.74, 6) is 1.47. The van der Waals surface area contributed by atoms with Crippen molar-refractivity contribution in [1.82, 2.24) is 0 Å². The highest BCUT2D eigenvalue weighted by atomic mass is 35.5. The molecule has 0 spiro atoms. The van der Waals surface area contributed by atoms with Crippen molar-refractivity contribution in [2.24, 2.45) is 0 Å². The lowest BCUT2D eigenvalue weighted by atomic mass is 10.1. The van der Waals surface area contributed by atoms with Crippen molar-refractivity contribution in [3.05, 3.63) is 82.4 Å². The number of phenolic OH excluding ortho intramolecular Hbond substituents is 1. The van der Waals surface area contributed by atoms with Crippen LogP contribution in [0, 0.1) is 6.92 Å². The molecule has 0 aliphatic rings. The van der Waals surface area contributed by atoms with Gasteiger partial charge in [-0.3, -0.25) is 0 Å². The van der Waals surface area contributed by atoms with Crippen LogP contribution in [0.1, 0.15) is 16.7 Å². The van der Waals surface area contributed by atoms with Gasteiger partial charge in [-0.15, -0.1) is 0 Å². The summed E-state index contributed by atoms with van der Waals surface area (Å²) in [6.45, 7) is 3.02. The van der Waals surface area contributed by atoms with Crippen LogP contribution in [0.5, 0.6) is 17.2 Å². The van der Waals surface area contributed by atoms with Crippen molar-refractivity contribution in [1.29, 1.82) is 0 Å². The number of nitrogens with one attached hydrogen (secondary N) is 1. The van der Waals surface area contributed by atoms with Gasteiger partial charge in [-0.25, -0.2) is 0 Å². The summed E-state index contributed by atoms with van der Waals surface area (Å²) < 4.78 is 11.4. The Kier molecular flexibility index (Phi) is 6.09. The molecule has 0 unspecified atom stereocenters. The molecule has 0 bridgehead atoms. The van der Waals surface area contributed by atoms with E-state index in [0.29, 0.717) is 29.7 Å². The van der Waals surface area contributed by atoms with Crippen LogP contribution >= 0.6 is 11.6 Å².